The highest BCUT2D eigenvalue weighted by molar-refractivity contribution is 6.30. The van der Waals surface area contributed by atoms with Gasteiger partial charge < -0.3 is 10.6 Å². The van der Waals surface area contributed by atoms with E-state index in [1.165, 1.54) is 6.92 Å². The van der Waals surface area contributed by atoms with Crippen molar-refractivity contribution in [1.82, 2.24) is 5.32 Å². The standard InChI is InChI=1S/C17H17ClN2O2/c1-12(21)15-4-2-3-5-16(15)19-11-17(22)20-10-13-6-8-14(18)9-7-13/h2-9,19H,10-11H2,1H3,(H,20,22). The van der Waals surface area contributed by atoms with Crippen molar-refractivity contribution in [3.8, 4) is 0 Å². The van der Waals surface area contributed by atoms with E-state index in [0.717, 1.165) is 5.56 Å². The van der Waals surface area contributed by atoms with Crippen LogP contribution in [0.3, 0.4) is 0 Å². The monoisotopic (exact) mass is 316 g/mol. The van der Waals surface area contributed by atoms with Gasteiger partial charge in [0.05, 0.1) is 6.54 Å². The van der Waals surface area contributed by atoms with Crippen molar-refractivity contribution in [3.63, 3.8) is 0 Å². The zero-order chi connectivity index (χ0) is 15.9. The number of rotatable bonds is 6. The number of amides is 1. The van der Waals surface area contributed by atoms with E-state index in [9.17, 15) is 9.59 Å². The molecule has 0 spiro atoms. The fraction of sp³-hybridized carbons (Fsp3) is 0.176. The fourth-order valence-corrected chi connectivity index (χ4v) is 2.11. The number of nitrogens with one attached hydrogen (secondary N) is 2. The van der Waals surface area contributed by atoms with Crippen LogP contribution < -0.4 is 10.6 Å². The molecule has 0 saturated carbocycles. The van der Waals surface area contributed by atoms with Crippen LogP contribution in [-0.2, 0) is 11.3 Å². The van der Waals surface area contributed by atoms with Crippen LogP contribution in [0.25, 0.3) is 0 Å². The molecule has 0 saturated heterocycles. The van der Waals surface area contributed by atoms with Gasteiger partial charge in [0.2, 0.25) is 5.91 Å². The molecule has 0 bridgehead atoms. The maximum absolute atomic E-state index is 11.9. The summed E-state index contributed by atoms with van der Waals surface area (Å²) in [6, 6.07) is 14.4. The van der Waals surface area contributed by atoms with Crippen molar-refractivity contribution in [3.05, 3.63) is 64.7 Å². The van der Waals surface area contributed by atoms with Gasteiger partial charge in [0.25, 0.3) is 0 Å². The summed E-state index contributed by atoms with van der Waals surface area (Å²) in [6.07, 6.45) is 0. The summed E-state index contributed by atoms with van der Waals surface area (Å²) in [6.45, 7) is 2.05. The number of carbonyl (C=O) groups excluding carboxylic acids is 2. The summed E-state index contributed by atoms with van der Waals surface area (Å²) in [7, 11) is 0. The molecule has 22 heavy (non-hydrogen) atoms. The Kier molecular flexibility index (Phi) is 5.55. The first-order valence-electron chi connectivity index (χ1n) is 6.91. The SMILES string of the molecule is CC(=O)c1ccccc1NCC(=O)NCc1ccc(Cl)cc1. The quantitative estimate of drug-likeness (QED) is 0.804. The number of Topliss-reactive ketones (excluding diaryl/α,β-unsaturated/α-hetero) is 1. The minimum atomic E-state index is -0.145. The zero-order valence-corrected chi connectivity index (χ0v) is 13.0. The summed E-state index contributed by atoms with van der Waals surface area (Å²) in [5.41, 5.74) is 2.21. The molecule has 5 heteroatoms. The van der Waals surface area contributed by atoms with Gasteiger partial charge in [-0.2, -0.15) is 0 Å². The molecule has 2 rings (SSSR count). The predicted octanol–water partition coefficient (Wildman–Crippen LogP) is 3.27. The topological polar surface area (TPSA) is 58.2 Å². The molecule has 114 valence electrons. The molecular weight excluding hydrogens is 300 g/mol. The molecule has 0 unspecified atom stereocenters. The highest BCUT2D eigenvalue weighted by atomic mass is 35.5. The molecule has 4 nitrogen and oxygen atoms in total. The van der Waals surface area contributed by atoms with Crippen LogP contribution in [-0.4, -0.2) is 18.2 Å². The molecule has 0 atom stereocenters. The third-order valence-corrected chi connectivity index (χ3v) is 3.40. The number of hydrogen-bond acceptors (Lipinski definition) is 3. The molecule has 0 radical (unpaired) electrons. The number of hydrogen-bond donors (Lipinski definition) is 2. The second-order valence-corrected chi connectivity index (χ2v) is 5.29. The largest absolute Gasteiger partial charge is 0.376 e. The number of benzene rings is 2. The van der Waals surface area contributed by atoms with E-state index < -0.39 is 0 Å². The lowest BCUT2D eigenvalue weighted by atomic mass is 10.1. The summed E-state index contributed by atoms with van der Waals surface area (Å²) in [4.78, 5) is 23.4. The molecule has 0 aliphatic rings. The van der Waals surface area contributed by atoms with Crippen molar-refractivity contribution in [1.29, 1.82) is 0 Å². The lowest BCUT2D eigenvalue weighted by Crippen LogP contribution is -2.29. The van der Waals surface area contributed by atoms with Gasteiger partial charge in [-0.1, -0.05) is 35.9 Å². The van der Waals surface area contributed by atoms with Crippen LogP contribution in [0.1, 0.15) is 22.8 Å². The van der Waals surface area contributed by atoms with E-state index in [2.05, 4.69) is 10.6 Å². The highest BCUT2D eigenvalue weighted by Crippen LogP contribution is 2.15. The Morgan fingerprint density at radius 3 is 2.41 bits per heavy atom. The van der Waals surface area contributed by atoms with Crippen molar-refractivity contribution >= 4 is 29.0 Å². The van der Waals surface area contributed by atoms with Crippen molar-refractivity contribution in [2.24, 2.45) is 0 Å². The number of para-hydroxylation sites is 1. The summed E-state index contributed by atoms with van der Waals surface area (Å²) >= 11 is 5.81. The van der Waals surface area contributed by atoms with Gasteiger partial charge in [-0.15, -0.1) is 0 Å². The van der Waals surface area contributed by atoms with E-state index in [4.69, 9.17) is 11.6 Å². The molecule has 0 aliphatic heterocycles. The molecule has 0 heterocycles. The molecule has 2 aromatic carbocycles. The molecule has 2 N–H and O–H groups in total. The lowest BCUT2D eigenvalue weighted by Gasteiger charge is -2.10. The Bertz CT molecular complexity index is 669. The Morgan fingerprint density at radius 1 is 1.05 bits per heavy atom. The normalized spacial score (nSPS) is 10.1. The van der Waals surface area contributed by atoms with E-state index in [-0.39, 0.29) is 18.2 Å². The fourth-order valence-electron chi connectivity index (χ4n) is 1.99. The van der Waals surface area contributed by atoms with Crippen molar-refractivity contribution < 1.29 is 9.59 Å². The van der Waals surface area contributed by atoms with Crippen LogP contribution in [0.5, 0.6) is 0 Å². The molecular formula is C17H17ClN2O2. The molecule has 0 aromatic heterocycles. The van der Waals surface area contributed by atoms with Gasteiger partial charge in [-0.05, 0) is 36.8 Å². The number of anilines is 1. The zero-order valence-electron chi connectivity index (χ0n) is 12.2. The van der Waals surface area contributed by atoms with Gasteiger partial charge in [0, 0.05) is 22.8 Å². The molecule has 2 aromatic rings. The Labute approximate surface area is 134 Å². The smallest absolute Gasteiger partial charge is 0.239 e. The Morgan fingerprint density at radius 2 is 1.73 bits per heavy atom. The van der Waals surface area contributed by atoms with Gasteiger partial charge in [0.15, 0.2) is 5.78 Å². The van der Waals surface area contributed by atoms with Gasteiger partial charge >= 0.3 is 0 Å². The summed E-state index contributed by atoms with van der Waals surface area (Å²) in [5, 5.41) is 6.46. The second-order valence-electron chi connectivity index (χ2n) is 4.86. The van der Waals surface area contributed by atoms with Crippen LogP contribution in [0.2, 0.25) is 5.02 Å². The first-order valence-corrected chi connectivity index (χ1v) is 7.29. The van der Waals surface area contributed by atoms with Gasteiger partial charge in [-0.25, -0.2) is 0 Å². The third kappa shape index (κ3) is 4.60. The first-order chi connectivity index (χ1) is 10.6. The van der Waals surface area contributed by atoms with E-state index in [1.807, 2.05) is 18.2 Å². The highest BCUT2D eigenvalue weighted by Gasteiger charge is 2.07. The Balaban J connectivity index is 1.85. The van der Waals surface area contributed by atoms with E-state index >= 15 is 0 Å². The molecule has 1 amide bonds. The third-order valence-electron chi connectivity index (χ3n) is 3.15. The summed E-state index contributed by atoms with van der Waals surface area (Å²) in [5.74, 6) is -0.182. The number of ketones is 1. The second kappa shape index (κ2) is 7.61. The minimum absolute atomic E-state index is 0.0373. The Hall–Kier alpha value is -2.33. The minimum Gasteiger partial charge on any atom is -0.376 e. The van der Waals surface area contributed by atoms with Gasteiger partial charge in [0.1, 0.15) is 0 Å². The maximum Gasteiger partial charge on any atom is 0.239 e. The van der Waals surface area contributed by atoms with Crippen molar-refractivity contribution in [2.45, 2.75) is 13.5 Å². The van der Waals surface area contributed by atoms with E-state index in [0.29, 0.717) is 22.8 Å². The first kappa shape index (κ1) is 16.0. The maximum atomic E-state index is 11.9. The van der Waals surface area contributed by atoms with Crippen LogP contribution in [0.15, 0.2) is 48.5 Å². The molecule has 0 aliphatic carbocycles. The number of halogens is 1. The van der Waals surface area contributed by atoms with Crippen molar-refractivity contribution in [2.75, 3.05) is 11.9 Å². The summed E-state index contributed by atoms with van der Waals surface area (Å²) < 4.78 is 0. The lowest BCUT2D eigenvalue weighted by molar-refractivity contribution is -0.119. The van der Waals surface area contributed by atoms with Crippen LogP contribution >= 0.6 is 11.6 Å². The number of carbonyl (C=O) groups is 2. The van der Waals surface area contributed by atoms with E-state index in [1.54, 1.807) is 30.3 Å². The average molecular weight is 317 g/mol. The molecule has 0 fully saturated rings. The predicted molar refractivity (Wildman–Crippen MR) is 88.2 cm³/mol. The van der Waals surface area contributed by atoms with Crippen LogP contribution in [0.4, 0.5) is 5.69 Å². The van der Waals surface area contributed by atoms with Gasteiger partial charge in [-0.3, -0.25) is 9.59 Å². The van der Waals surface area contributed by atoms with Crippen LogP contribution in [0, 0.1) is 0 Å². The average Bonchev–Trinajstić information content (AvgIpc) is 2.52.